The summed E-state index contributed by atoms with van der Waals surface area (Å²) in [5.41, 5.74) is 6.49. The van der Waals surface area contributed by atoms with Crippen molar-refractivity contribution in [3.63, 3.8) is 0 Å². The molecule has 2 aromatic rings. The predicted octanol–water partition coefficient (Wildman–Crippen LogP) is 4.52. The van der Waals surface area contributed by atoms with E-state index >= 15 is 0 Å². The van der Waals surface area contributed by atoms with Gasteiger partial charge in [0.15, 0.2) is 0 Å². The molecule has 6 nitrogen and oxygen atoms in total. The molecule has 10 heteroatoms. The average Bonchev–Trinajstić information content (AvgIpc) is 2.68. The number of nitrogens with zero attached hydrogens (tertiary/aromatic N) is 3. The number of nitrogens with two attached hydrogens (primary N) is 1. The van der Waals surface area contributed by atoms with Gasteiger partial charge in [-0.05, 0) is 31.0 Å². The number of alkyl halides is 3. The van der Waals surface area contributed by atoms with Crippen LogP contribution in [0.2, 0.25) is 5.02 Å². The summed E-state index contributed by atoms with van der Waals surface area (Å²) in [5.74, 6) is 0.420. The molecule has 0 radical (unpaired) electrons. The van der Waals surface area contributed by atoms with Gasteiger partial charge in [-0.25, -0.2) is 9.97 Å². The minimum atomic E-state index is -4.82. The number of piperidine rings is 1. The molecular weight excluding hydrogens is 421 g/mol. The van der Waals surface area contributed by atoms with Crippen LogP contribution in [0.1, 0.15) is 38.4 Å². The molecule has 0 bridgehead atoms. The molecule has 0 unspecified atom stereocenters. The minimum absolute atomic E-state index is 0.0372. The number of halogens is 4. The van der Waals surface area contributed by atoms with E-state index in [-0.39, 0.29) is 22.8 Å². The van der Waals surface area contributed by atoms with Crippen LogP contribution in [-0.2, 0) is 4.79 Å². The third-order valence-corrected chi connectivity index (χ3v) is 5.22. The highest BCUT2D eigenvalue weighted by Crippen LogP contribution is 2.34. The number of rotatable bonds is 5. The maximum absolute atomic E-state index is 12.5. The lowest BCUT2D eigenvalue weighted by Crippen LogP contribution is -2.39. The van der Waals surface area contributed by atoms with Crippen LogP contribution < -0.4 is 15.4 Å². The van der Waals surface area contributed by atoms with Crippen LogP contribution >= 0.6 is 11.6 Å². The summed E-state index contributed by atoms with van der Waals surface area (Å²) in [5, 5.41) is -0.168. The predicted molar refractivity (Wildman–Crippen MR) is 107 cm³/mol. The van der Waals surface area contributed by atoms with Crippen LogP contribution in [0.3, 0.4) is 0 Å². The lowest BCUT2D eigenvalue weighted by atomic mass is 9.96. The zero-order valence-electron chi connectivity index (χ0n) is 16.5. The summed E-state index contributed by atoms with van der Waals surface area (Å²) in [6, 6.07) is 5.80. The van der Waals surface area contributed by atoms with Crippen LogP contribution in [-0.4, -0.2) is 35.3 Å². The van der Waals surface area contributed by atoms with E-state index in [1.54, 1.807) is 6.07 Å². The number of hydrogen-bond donors (Lipinski definition) is 1. The number of aromatic nitrogens is 2. The van der Waals surface area contributed by atoms with Gasteiger partial charge in [0.05, 0.1) is 10.7 Å². The number of amides is 1. The standard InChI is InChI=1S/C20H22ClF3N4O2/c1-11(2)19-26-15(13-3-4-16(14(21)9-13)30-20(22,23)24)10-17(27-19)28-7-5-12(6-8-28)18(25)29/h3-4,9-12H,5-8H2,1-2H3,(H2,25,29). The van der Waals surface area contributed by atoms with Gasteiger partial charge in [0.2, 0.25) is 5.91 Å². The lowest BCUT2D eigenvalue weighted by Gasteiger charge is -2.32. The lowest BCUT2D eigenvalue weighted by molar-refractivity contribution is -0.274. The molecule has 2 heterocycles. The maximum Gasteiger partial charge on any atom is 0.573 e. The van der Waals surface area contributed by atoms with Crippen molar-refractivity contribution in [3.8, 4) is 17.0 Å². The molecule has 0 saturated carbocycles. The van der Waals surface area contributed by atoms with Crippen LogP contribution in [0.25, 0.3) is 11.3 Å². The Bertz CT molecular complexity index is 929. The number of benzene rings is 1. The molecule has 1 fully saturated rings. The fourth-order valence-electron chi connectivity index (χ4n) is 3.28. The van der Waals surface area contributed by atoms with Crippen LogP contribution in [0.5, 0.6) is 5.75 Å². The molecule has 0 aliphatic carbocycles. The largest absolute Gasteiger partial charge is 0.573 e. The summed E-state index contributed by atoms with van der Waals surface area (Å²) in [6.07, 6.45) is -3.54. The minimum Gasteiger partial charge on any atom is -0.404 e. The molecule has 0 atom stereocenters. The van der Waals surface area contributed by atoms with Gasteiger partial charge in [-0.1, -0.05) is 25.4 Å². The maximum atomic E-state index is 12.5. The van der Waals surface area contributed by atoms with Crippen LogP contribution in [0, 0.1) is 5.92 Å². The fourth-order valence-corrected chi connectivity index (χ4v) is 3.50. The Kier molecular flexibility index (Phi) is 6.40. The van der Waals surface area contributed by atoms with Gasteiger partial charge in [0.1, 0.15) is 17.4 Å². The number of carbonyl (C=O) groups excluding carboxylic acids is 1. The normalized spacial score (nSPS) is 15.5. The summed E-state index contributed by atoms with van der Waals surface area (Å²) in [4.78, 5) is 22.7. The molecule has 30 heavy (non-hydrogen) atoms. The number of primary amides is 1. The van der Waals surface area contributed by atoms with Gasteiger partial charge in [-0.3, -0.25) is 4.79 Å². The first kappa shape index (κ1) is 22.1. The van der Waals surface area contributed by atoms with Crippen LogP contribution in [0.4, 0.5) is 19.0 Å². The number of carbonyl (C=O) groups is 1. The van der Waals surface area contributed by atoms with E-state index in [4.69, 9.17) is 17.3 Å². The first-order valence-electron chi connectivity index (χ1n) is 9.52. The molecule has 1 amide bonds. The fraction of sp³-hybridized carbons (Fsp3) is 0.450. The van der Waals surface area contributed by atoms with Crippen molar-refractivity contribution < 1.29 is 22.7 Å². The first-order chi connectivity index (χ1) is 14.0. The van der Waals surface area contributed by atoms with Crippen molar-refractivity contribution >= 4 is 23.3 Å². The first-order valence-corrected chi connectivity index (χ1v) is 9.90. The highest BCUT2D eigenvalue weighted by atomic mass is 35.5. The van der Waals surface area contributed by atoms with Crippen molar-refractivity contribution in [2.45, 2.75) is 39.0 Å². The molecule has 1 aromatic heterocycles. The van der Waals surface area contributed by atoms with Crippen LogP contribution in [0.15, 0.2) is 24.3 Å². The second kappa shape index (κ2) is 8.67. The molecule has 2 N–H and O–H groups in total. The van der Waals surface area contributed by atoms with Crippen molar-refractivity contribution in [1.29, 1.82) is 0 Å². The molecular formula is C20H22ClF3N4O2. The van der Waals surface area contributed by atoms with Gasteiger partial charge in [0, 0.05) is 36.6 Å². The highest BCUT2D eigenvalue weighted by Gasteiger charge is 2.32. The molecule has 1 aromatic carbocycles. The van der Waals surface area contributed by atoms with Gasteiger partial charge in [-0.2, -0.15) is 0 Å². The van der Waals surface area contributed by atoms with Gasteiger partial charge in [0.25, 0.3) is 0 Å². The summed E-state index contributed by atoms with van der Waals surface area (Å²) < 4.78 is 41.4. The molecule has 1 saturated heterocycles. The Morgan fingerprint density at radius 1 is 1.23 bits per heavy atom. The van der Waals surface area contributed by atoms with Gasteiger partial charge < -0.3 is 15.4 Å². The van der Waals surface area contributed by atoms with Gasteiger partial charge in [-0.15, -0.1) is 13.2 Å². The Labute approximate surface area is 177 Å². The Hall–Kier alpha value is -2.55. The smallest absolute Gasteiger partial charge is 0.404 e. The number of ether oxygens (including phenoxy) is 1. The Balaban J connectivity index is 1.92. The van der Waals surface area contributed by atoms with Crippen molar-refractivity contribution in [1.82, 2.24) is 9.97 Å². The van der Waals surface area contributed by atoms with E-state index in [1.807, 2.05) is 13.8 Å². The Morgan fingerprint density at radius 3 is 2.43 bits per heavy atom. The van der Waals surface area contributed by atoms with E-state index < -0.39 is 12.1 Å². The molecule has 1 aliphatic heterocycles. The van der Waals surface area contributed by atoms with E-state index in [0.717, 1.165) is 0 Å². The van der Waals surface area contributed by atoms with Gasteiger partial charge >= 0.3 is 6.36 Å². The summed E-state index contributed by atoms with van der Waals surface area (Å²) in [6.45, 7) is 5.16. The zero-order valence-corrected chi connectivity index (χ0v) is 17.3. The highest BCUT2D eigenvalue weighted by molar-refractivity contribution is 6.32. The second-order valence-electron chi connectivity index (χ2n) is 7.48. The SMILES string of the molecule is CC(C)c1nc(-c2ccc(OC(F)(F)F)c(Cl)c2)cc(N2CCC(C(N)=O)CC2)n1. The molecule has 162 valence electrons. The zero-order chi connectivity index (χ0) is 22.1. The molecule has 1 aliphatic rings. The third-order valence-electron chi connectivity index (χ3n) is 4.92. The third kappa shape index (κ3) is 5.33. The van der Waals surface area contributed by atoms with E-state index in [2.05, 4.69) is 19.6 Å². The summed E-state index contributed by atoms with van der Waals surface area (Å²) in [7, 11) is 0. The van der Waals surface area contributed by atoms with Crippen molar-refractivity contribution in [2.75, 3.05) is 18.0 Å². The van der Waals surface area contributed by atoms with E-state index in [0.29, 0.717) is 48.8 Å². The quantitative estimate of drug-likeness (QED) is 0.736. The monoisotopic (exact) mass is 442 g/mol. The topological polar surface area (TPSA) is 81.3 Å². The average molecular weight is 443 g/mol. The second-order valence-corrected chi connectivity index (χ2v) is 7.89. The van der Waals surface area contributed by atoms with E-state index in [1.165, 1.54) is 18.2 Å². The van der Waals surface area contributed by atoms with Crippen molar-refractivity contribution in [2.24, 2.45) is 11.7 Å². The number of hydrogen-bond acceptors (Lipinski definition) is 5. The summed E-state index contributed by atoms with van der Waals surface area (Å²) >= 11 is 6.00. The van der Waals surface area contributed by atoms with Crippen molar-refractivity contribution in [3.05, 3.63) is 35.1 Å². The molecule has 3 rings (SSSR count). The Morgan fingerprint density at radius 2 is 1.90 bits per heavy atom. The molecule has 0 spiro atoms. The number of anilines is 1. The van der Waals surface area contributed by atoms with E-state index in [9.17, 15) is 18.0 Å².